The molecule has 1 heterocycles. The summed E-state index contributed by atoms with van der Waals surface area (Å²) in [5, 5.41) is 15.1. The first-order chi connectivity index (χ1) is 9.05. The Morgan fingerprint density at radius 3 is 2.74 bits per heavy atom. The van der Waals surface area contributed by atoms with Gasteiger partial charge in [0.15, 0.2) is 0 Å². The van der Waals surface area contributed by atoms with E-state index in [1.54, 1.807) is 11.8 Å². The molecule has 0 bridgehead atoms. The summed E-state index contributed by atoms with van der Waals surface area (Å²) in [7, 11) is 0. The molecule has 0 aromatic carbocycles. The number of carbonyl (C=O) groups excluding carboxylic acids is 1. The summed E-state index contributed by atoms with van der Waals surface area (Å²) in [6, 6.07) is -0.773. The lowest BCUT2D eigenvalue weighted by Gasteiger charge is -2.36. The Morgan fingerprint density at radius 1 is 1.53 bits per heavy atom. The van der Waals surface area contributed by atoms with Crippen molar-refractivity contribution >= 4 is 23.6 Å². The molecule has 19 heavy (non-hydrogen) atoms. The zero-order chi connectivity index (χ0) is 14.3. The number of rotatable bonds is 7. The highest BCUT2D eigenvalue weighted by Gasteiger charge is 2.39. The van der Waals surface area contributed by atoms with Crippen LogP contribution >= 0.6 is 11.8 Å². The van der Waals surface area contributed by atoms with Crippen LogP contribution in [0.15, 0.2) is 0 Å². The molecule has 1 saturated heterocycles. The van der Waals surface area contributed by atoms with Crippen molar-refractivity contribution in [2.75, 3.05) is 25.1 Å². The van der Waals surface area contributed by atoms with Crippen molar-refractivity contribution < 1.29 is 14.7 Å². The Kier molecular flexibility index (Phi) is 6.65. The van der Waals surface area contributed by atoms with Gasteiger partial charge in [0.1, 0.15) is 6.04 Å². The molecule has 1 amide bonds. The van der Waals surface area contributed by atoms with E-state index in [-0.39, 0.29) is 5.91 Å². The lowest BCUT2D eigenvalue weighted by molar-refractivity contribution is -0.144. The molecule has 0 aromatic rings. The van der Waals surface area contributed by atoms with Gasteiger partial charge in [-0.05, 0) is 44.2 Å². The average Bonchev–Trinajstić information content (AvgIpc) is 2.43. The van der Waals surface area contributed by atoms with E-state index in [4.69, 9.17) is 5.11 Å². The Morgan fingerprint density at radius 2 is 2.26 bits per heavy atom. The molecule has 1 rings (SSSR count). The van der Waals surface area contributed by atoms with Crippen molar-refractivity contribution in [2.45, 2.75) is 38.6 Å². The minimum absolute atomic E-state index is 0.115. The number of nitrogens with one attached hydrogen (secondary N) is 2. The van der Waals surface area contributed by atoms with Crippen LogP contribution in [0, 0.1) is 5.41 Å². The Hall–Kier alpha value is -0.750. The predicted octanol–water partition coefficient (Wildman–Crippen LogP) is 1.09. The zero-order valence-corrected chi connectivity index (χ0v) is 12.5. The average molecular weight is 288 g/mol. The van der Waals surface area contributed by atoms with Crippen molar-refractivity contribution in [3.8, 4) is 0 Å². The van der Waals surface area contributed by atoms with Gasteiger partial charge in [0, 0.05) is 6.54 Å². The summed E-state index contributed by atoms with van der Waals surface area (Å²) in [5.74, 6) is -0.331. The highest BCUT2D eigenvalue weighted by atomic mass is 32.2. The third kappa shape index (κ3) is 4.38. The first-order valence-corrected chi connectivity index (χ1v) is 8.18. The third-order valence-corrected chi connectivity index (χ3v) is 4.49. The SMILES string of the molecule is CCC1(C(=O)N[C@H](CCSC)C(=O)O)CCCNC1. The number of carboxylic acid groups (broad SMARTS) is 1. The van der Waals surface area contributed by atoms with E-state index in [9.17, 15) is 9.59 Å². The minimum atomic E-state index is -0.947. The van der Waals surface area contributed by atoms with E-state index in [0.717, 1.165) is 31.6 Å². The summed E-state index contributed by atoms with van der Waals surface area (Å²) >= 11 is 1.59. The highest BCUT2D eigenvalue weighted by molar-refractivity contribution is 7.98. The number of amides is 1. The van der Waals surface area contributed by atoms with Gasteiger partial charge in [-0.3, -0.25) is 4.79 Å². The van der Waals surface area contributed by atoms with Crippen molar-refractivity contribution in [3.63, 3.8) is 0 Å². The molecule has 0 aromatic heterocycles. The molecule has 110 valence electrons. The maximum atomic E-state index is 12.4. The normalized spacial score (nSPS) is 24.7. The third-order valence-electron chi connectivity index (χ3n) is 3.84. The van der Waals surface area contributed by atoms with Crippen molar-refractivity contribution in [2.24, 2.45) is 5.41 Å². The fourth-order valence-corrected chi connectivity index (χ4v) is 2.90. The second-order valence-electron chi connectivity index (χ2n) is 5.06. The summed E-state index contributed by atoms with van der Waals surface area (Å²) < 4.78 is 0. The maximum absolute atomic E-state index is 12.4. The van der Waals surface area contributed by atoms with E-state index >= 15 is 0 Å². The van der Waals surface area contributed by atoms with Gasteiger partial charge < -0.3 is 15.7 Å². The number of piperidine rings is 1. The standard InChI is InChI=1S/C13H24N2O3S/c1-3-13(6-4-7-14-9-13)12(18)15-10(11(16)17)5-8-19-2/h10,14H,3-9H2,1-2H3,(H,15,18)(H,16,17)/t10-,13?/m1/s1. The number of carbonyl (C=O) groups is 2. The van der Waals surface area contributed by atoms with Crippen LogP contribution in [0.5, 0.6) is 0 Å². The predicted molar refractivity (Wildman–Crippen MR) is 77.4 cm³/mol. The molecular weight excluding hydrogens is 264 g/mol. The molecule has 5 nitrogen and oxygen atoms in total. The number of aliphatic carboxylic acids is 1. The van der Waals surface area contributed by atoms with Crippen LogP contribution in [0.2, 0.25) is 0 Å². The monoisotopic (exact) mass is 288 g/mol. The summed E-state index contributed by atoms with van der Waals surface area (Å²) in [4.78, 5) is 23.6. The second kappa shape index (κ2) is 7.75. The molecule has 6 heteroatoms. The van der Waals surface area contributed by atoms with Gasteiger partial charge in [-0.2, -0.15) is 11.8 Å². The van der Waals surface area contributed by atoms with Gasteiger partial charge in [-0.1, -0.05) is 6.92 Å². The molecule has 0 aliphatic carbocycles. The fourth-order valence-electron chi connectivity index (χ4n) is 2.43. The molecule has 0 saturated carbocycles. The van der Waals surface area contributed by atoms with Crippen LogP contribution in [-0.2, 0) is 9.59 Å². The molecular formula is C13H24N2O3S. The van der Waals surface area contributed by atoms with Gasteiger partial charge in [0.25, 0.3) is 0 Å². The Balaban J connectivity index is 2.65. The molecule has 1 aliphatic heterocycles. The molecule has 1 aliphatic rings. The quantitative estimate of drug-likeness (QED) is 0.653. The molecule has 1 fully saturated rings. The number of carboxylic acids is 1. The Labute approximate surface area is 118 Å². The Bertz CT molecular complexity index is 317. The molecule has 0 spiro atoms. The van der Waals surface area contributed by atoms with Crippen LogP contribution in [0.3, 0.4) is 0 Å². The first-order valence-electron chi connectivity index (χ1n) is 6.79. The van der Waals surface area contributed by atoms with E-state index in [0.29, 0.717) is 13.0 Å². The molecule has 3 N–H and O–H groups in total. The van der Waals surface area contributed by atoms with E-state index in [1.807, 2.05) is 13.2 Å². The maximum Gasteiger partial charge on any atom is 0.326 e. The van der Waals surface area contributed by atoms with Crippen LogP contribution in [0.1, 0.15) is 32.6 Å². The molecule has 0 radical (unpaired) electrons. The van der Waals surface area contributed by atoms with Crippen molar-refractivity contribution in [1.29, 1.82) is 0 Å². The number of hydrogen-bond acceptors (Lipinski definition) is 4. The first kappa shape index (κ1) is 16.3. The second-order valence-corrected chi connectivity index (χ2v) is 6.05. The van der Waals surface area contributed by atoms with Crippen molar-refractivity contribution in [1.82, 2.24) is 10.6 Å². The topological polar surface area (TPSA) is 78.4 Å². The van der Waals surface area contributed by atoms with Gasteiger partial charge in [0.05, 0.1) is 5.41 Å². The summed E-state index contributed by atoms with van der Waals surface area (Å²) in [6.45, 7) is 3.57. The lowest BCUT2D eigenvalue weighted by atomic mass is 9.77. The van der Waals surface area contributed by atoms with Crippen LogP contribution < -0.4 is 10.6 Å². The largest absolute Gasteiger partial charge is 0.480 e. The highest BCUT2D eigenvalue weighted by Crippen LogP contribution is 2.30. The fraction of sp³-hybridized carbons (Fsp3) is 0.846. The molecule has 2 atom stereocenters. The summed E-state index contributed by atoms with van der Waals surface area (Å²) in [5.41, 5.74) is -0.439. The van der Waals surface area contributed by atoms with Crippen LogP contribution in [0.25, 0.3) is 0 Å². The van der Waals surface area contributed by atoms with Gasteiger partial charge in [-0.25, -0.2) is 4.79 Å². The smallest absolute Gasteiger partial charge is 0.326 e. The zero-order valence-electron chi connectivity index (χ0n) is 11.7. The van der Waals surface area contributed by atoms with Crippen LogP contribution in [-0.4, -0.2) is 48.1 Å². The van der Waals surface area contributed by atoms with E-state index in [2.05, 4.69) is 10.6 Å². The van der Waals surface area contributed by atoms with Crippen LogP contribution in [0.4, 0.5) is 0 Å². The van der Waals surface area contributed by atoms with Crippen molar-refractivity contribution in [3.05, 3.63) is 0 Å². The number of hydrogen-bond donors (Lipinski definition) is 3. The lowest BCUT2D eigenvalue weighted by Crippen LogP contribution is -2.54. The van der Waals surface area contributed by atoms with Gasteiger partial charge >= 0.3 is 5.97 Å². The summed E-state index contributed by atoms with van der Waals surface area (Å²) in [6.07, 6.45) is 4.93. The van der Waals surface area contributed by atoms with Gasteiger partial charge in [0.2, 0.25) is 5.91 Å². The van der Waals surface area contributed by atoms with Gasteiger partial charge in [-0.15, -0.1) is 0 Å². The van der Waals surface area contributed by atoms with E-state index in [1.165, 1.54) is 0 Å². The minimum Gasteiger partial charge on any atom is -0.480 e. The number of thioether (sulfide) groups is 1. The van der Waals surface area contributed by atoms with E-state index < -0.39 is 17.4 Å². The molecule has 1 unspecified atom stereocenters.